The highest BCUT2D eigenvalue weighted by molar-refractivity contribution is 5.94. The topological polar surface area (TPSA) is 641 Å². The lowest BCUT2D eigenvalue weighted by atomic mass is 10.4. The lowest BCUT2D eigenvalue weighted by molar-refractivity contribution is 0.0515. The molecule has 0 aliphatic heterocycles. The lowest BCUT2D eigenvalue weighted by Gasteiger charge is -1.93. The van der Waals surface area contributed by atoms with Crippen LogP contribution in [0.5, 0.6) is 0 Å². The number of carbonyl (C=O) groups excluding carboxylic acids is 7. The summed E-state index contributed by atoms with van der Waals surface area (Å²) in [5, 5.41) is 72.4. The van der Waals surface area contributed by atoms with Gasteiger partial charge >= 0.3 is 83.6 Å². The minimum atomic E-state index is -2.17. The van der Waals surface area contributed by atoms with E-state index in [0.717, 1.165) is 38.5 Å². The van der Waals surface area contributed by atoms with Crippen molar-refractivity contribution in [1.82, 2.24) is 0 Å². The van der Waals surface area contributed by atoms with Crippen molar-refractivity contribution in [2.45, 2.75) is 0 Å². The number of carboxylic acid groups (broad SMARTS) is 7. The van der Waals surface area contributed by atoms with Gasteiger partial charge in [-0.1, -0.05) is 0 Å². The number of aliphatic hydroxyl groups excluding tert-OH is 2. The predicted molar refractivity (Wildman–Crippen MR) is 297 cm³/mol. The number of methoxy groups -OCH3 is 7. The SMILES string of the molecule is CO.CO.COC(=O)c1ccc(C(=O)O)o1.COC(=O)c1ccc(C(=O)O)o1.COC(=O)c1ccc(C(=O)O)o1.COC(=O)c1ccc(C(=O)OC)o1.COC(=O)c1ccc(C(=O)OC)o1.O.O.O=C(O)c1ccc(C(=O)O)o1.O=C(O)c1ccc(C(=O)O)o1.[2H]C([2H])F.[2H]C([2H])F. The fraction of sp³-hybridized carbons (Fsp3) is 0.208. The monoisotopic (exact) mass is 1360 g/mol. The molecule has 0 atom stereocenters. The molecule has 520 valence electrons. The molecular weight excluding hydrogens is 1300 g/mol. The van der Waals surface area contributed by atoms with Crippen LogP contribution in [0, 0.1) is 0 Å². The van der Waals surface area contributed by atoms with Crippen molar-refractivity contribution in [2.24, 2.45) is 0 Å². The van der Waals surface area contributed by atoms with Gasteiger partial charge in [-0.25, -0.2) is 67.1 Å². The molecule has 0 fully saturated rings. The number of carboxylic acids is 7. The van der Waals surface area contributed by atoms with Crippen LogP contribution in [0.3, 0.4) is 0 Å². The Bertz CT molecular complexity index is 3180. The van der Waals surface area contributed by atoms with Gasteiger partial charge in [0.05, 0.1) is 69.5 Å². The summed E-state index contributed by atoms with van der Waals surface area (Å²) in [5.74, 6) is -16.2. The molecule has 7 aromatic rings. The van der Waals surface area contributed by atoms with Gasteiger partial charge in [0.1, 0.15) is 0 Å². The van der Waals surface area contributed by atoms with Gasteiger partial charge in [-0.3, -0.25) is 8.78 Å². The molecule has 0 radical (unpaired) electrons. The second-order valence-electron chi connectivity index (χ2n) is 13.7. The highest BCUT2D eigenvalue weighted by atomic mass is 19.1. The number of rotatable bonds is 14. The van der Waals surface area contributed by atoms with Gasteiger partial charge in [0.25, 0.3) is 0 Å². The van der Waals surface area contributed by atoms with Crippen LogP contribution in [0.25, 0.3) is 0 Å². The van der Waals surface area contributed by atoms with E-state index in [1.807, 2.05) is 0 Å². The first-order valence-electron chi connectivity index (χ1n) is 25.1. The Kier molecular flexibility index (Phi) is 45.3. The van der Waals surface area contributed by atoms with Gasteiger partial charge in [-0.15, -0.1) is 0 Å². The molecule has 0 spiro atoms. The minimum absolute atomic E-state index is 0. The van der Waals surface area contributed by atoms with Crippen LogP contribution in [0.15, 0.2) is 116 Å². The number of esters is 7. The van der Waals surface area contributed by atoms with Gasteiger partial charge in [0, 0.05) is 14.2 Å². The Hall–Kier alpha value is -12.8. The molecule has 7 aromatic heterocycles. The molecule has 0 aliphatic carbocycles. The first kappa shape index (κ1) is 83.3. The van der Waals surface area contributed by atoms with E-state index >= 15 is 0 Å². The number of hydrogen-bond acceptors (Lipinski definition) is 30. The van der Waals surface area contributed by atoms with Crippen molar-refractivity contribution < 1.29 is 202 Å². The highest BCUT2D eigenvalue weighted by Gasteiger charge is 2.20. The number of carbonyl (C=O) groups is 14. The molecule has 0 unspecified atom stereocenters. The number of halogens is 2. The van der Waals surface area contributed by atoms with Gasteiger partial charge in [-0.2, -0.15) is 0 Å². The molecule has 94 heavy (non-hydrogen) atoms. The van der Waals surface area contributed by atoms with Crippen LogP contribution in [0.4, 0.5) is 8.78 Å². The molecule has 0 aromatic carbocycles. The van der Waals surface area contributed by atoms with Crippen molar-refractivity contribution in [1.29, 1.82) is 0 Å². The fourth-order valence-corrected chi connectivity index (χ4v) is 4.64. The van der Waals surface area contributed by atoms with Crippen LogP contribution >= 0.6 is 0 Å². The quantitative estimate of drug-likeness (QED) is 0.0547. The summed E-state index contributed by atoms with van der Waals surface area (Å²) in [4.78, 5) is 147. The number of ether oxygens (including phenoxy) is 7. The van der Waals surface area contributed by atoms with Crippen LogP contribution in [-0.4, -0.2) is 219 Å². The van der Waals surface area contributed by atoms with Crippen molar-refractivity contribution in [3.8, 4) is 0 Å². The average Bonchev–Trinajstić information content (AvgIpc) is 1.86. The van der Waals surface area contributed by atoms with Crippen molar-refractivity contribution in [2.75, 3.05) is 78.2 Å². The largest absolute Gasteiger partial charge is 0.475 e. The minimum Gasteiger partial charge on any atom is -0.475 e. The molecule has 0 saturated heterocycles. The molecule has 7 rings (SSSR count). The first-order chi connectivity index (χ1) is 45.0. The van der Waals surface area contributed by atoms with Crippen LogP contribution in [0.1, 0.15) is 153 Å². The normalized spacial score (nSPS) is 9.35. The van der Waals surface area contributed by atoms with E-state index in [9.17, 15) is 75.9 Å². The van der Waals surface area contributed by atoms with Crippen LogP contribution in [-0.2, 0) is 33.2 Å². The zero-order valence-corrected chi connectivity index (χ0v) is 49.4. The standard InChI is InChI=1S/2C8H8O5.3C7H6O5.2C6H4O5.2CH3F.2CH4O.2H2O/c2*1-11-7(9)5-3-4-6(13-5)8(10)12-2;3*1-11-7(10)5-3-2-4(12-5)6(8)9;2*7-5(8)3-1-2-4(11-3)6(9)10;4*1-2;;/h2*3-4H,1-2H3;3*2-3H,1H3,(H,8,9);2*1-2H,(H,7,8)(H,9,10);2*1H3;2*2H,1H3;2*1H2/i;;;;;;;2*1D2;;;;. The van der Waals surface area contributed by atoms with E-state index in [-0.39, 0.29) is 91.6 Å². The van der Waals surface area contributed by atoms with Gasteiger partial charge in [-0.05, 0) is 84.9 Å². The Balaban J connectivity index is -0.000000244. The summed E-state index contributed by atoms with van der Waals surface area (Å²) in [7, 11) is 6.12. The summed E-state index contributed by atoms with van der Waals surface area (Å²) >= 11 is 0. The maximum absolute atomic E-state index is 10.9. The predicted octanol–water partition coefficient (Wildman–Crippen LogP) is 4.09. The summed E-state index contributed by atoms with van der Waals surface area (Å²) in [5.41, 5.74) is 0. The average molecular weight is 1360 g/mol. The molecule has 41 heteroatoms. The van der Waals surface area contributed by atoms with E-state index in [2.05, 4.69) is 55.2 Å². The smallest absolute Gasteiger partial charge is 0.373 e. The zero-order valence-electron chi connectivity index (χ0n) is 53.4. The van der Waals surface area contributed by atoms with Gasteiger partial charge in [0.15, 0.2) is 0 Å². The third-order valence-electron chi connectivity index (χ3n) is 8.42. The number of aromatic carboxylic acids is 7. The number of aliphatic hydroxyl groups is 2. The molecule has 7 heterocycles. The van der Waals surface area contributed by atoms with Crippen LogP contribution in [0.2, 0.25) is 0 Å². The summed E-state index contributed by atoms with van der Waals surface area (Å²) in [6.07, 6.45) is 0. The molecule has 0 bridgehead atoms. The van der Waals surface area contributed by atoms with Crippen molar-refractivity contribution in [3.05, 3.63) is 166 Å². The van der Waals surface area contributed by atoms with E-state index < -0.39 is 97.8 Å². The van der Waals surface area contributed by atoms with E-state index in [0.29, 0.717) is 0 Å². The van der Waals surface area contributed by atoms with Gasteiger partial charge in [0.2, 0.25) is 80.6 Å². The maximum Gasteiger partial charge on any atom is 0.373 e. The zero-order chi connectivity index (χ0) is 75.1. The summed E-state index contributed by atoms with van der Waals surface area (Å²) < 4.78 is 106. The summed E-state index contributed by atoms with van der Waals surface area (Å²) in [6.45, 7) is 0. The molecular formula is C53H60F2O39. The van der Waals surface area contributed by atoms with Crippen LogP contribution < -0.4 is 0 Å². The number of alkyl halides is 2. The first-order valence-corrected chi connectivity index (χ1v) is 22.8. The maximum atomic E-state index is 10.9. The Morgan fingerprint density at radius 1 is 0.255 bits per heavy atom. The third kappa shape index (κ3) is 33.6. The van der Waals surface area contributed by atoms with E-state index in [1.54, 1.807) is 0 Å². The van der Waals surface area contributed by atoms with E-state index in [4.69, 9.17) is 60.3 Å². The molecule has 13 N–H and O–H groups in total. The Labute approximate surface area is 529 Å². The molecule has 39 nitrogen and oxygen atoms in total. The van der Waals surface area contributed by atoms with E-state index in [1.165, 1.54) is 110 Å². The second kappa shape index (κ2) is 51.2. The van der Waals surface area contributed by atoms with Gasteiger partial charge < -0.3 is 121 Å². The Morgan fingerprint density at radius 3 is 0.404 bits per heavy atom. The molecule has 0 amide bonds. The second-order valence-corrected chi connectivity index (χ2v) is 13.7. The molecule has 0 saturated carbocycles. The highest BCUT2D eigenvalue weighted by Crippen LogP contribution is 2.14. The van der Waals surface area contributed by atoms with Crippen molar-refractivity contribution in [3.63, 3.8) is 0 Å². The molecule has 0 aliphatic rings. The van der Waals surface area contributed by atoms with Crippen molar-refractivity contribution >= 4 is 83.6 Å². The number of hydrogen-bond donors (Lipinski definition) is 9. The lowest BCUT2D eigenvalue weighted by Crippen LogP contribution is -2.00. The number of furan rings is 7. The Morgan fingerprint density at radius 2 is 0.330 bits per heavy atom. The fourth-order valence-electron chi connectivity index (χ4n) is 4.64. The third-order valence-corrected chi connectivity index (χ3v) is 8.42. The summed E-state index contributed by atoms with van der Waals surface area (Å²) in [6, 6.07) is 17.0.